The molecule has 1 aliphatic rings. The summed E-state index contributed by atoms with van der Waals surface area (Å²) in [6.45, 7) is 6.32. The zero-order valence-electron chi connectivity index (χ0n) is 20.0. The Hall–Kier alpha value is -2.90. The summed E-state index contributed by atoms with van der Waals surface area (Å²) in [6.07, 6.45) is 1.16. The largest absolute Gasteiger partial charge is 0.497 e. The normalized spacial score (nSPS) is 16.3. The first-order valence-electron chi connectivity index (χ1n) is 11.2. The molecule has 1 N–H and O–H groups in total. The van der Waals surface area contributed by atoms with E-state index in [4.69, 9.17) is 9.72 Å². The number of aromatic nitrogens is 1. The van der Waals surface area contributed by atoms with Crippen LogP contribution in [-0.4, -0.2) is 56.1 Å². The number of anilines is 2. The van der Waals surface area contributed by atoms with Gasteiger partial charge in [0, 0.05) is 41.2 Å². The number of nitrogens with zero attached hydrogens (tertiary/aromatic N) is 3. The van der Waals surface area contributed by atoms with E-state index >= 15 is 0 Å². The Labute approximate surface area is 200 Å². The number of methoxy groups -OCH3 is 1. The number of nitrogens with one attached hydrogen (secondary N) is 1. The Morgan fingerprint density at radius 2 is 1.85 bits per heavy atom. The van der Waals surface area contributed by atoms with Crippen molar-refractivity contribution in [2.24, 2.45) is 0 Å². The van der Waals surface area contributed by atoms with Gasteiger partial charge in [-0.25, -0.2) is 4.98 Å². The van der Waals surface area contributed by atoms with Gasteiger partial charge in [0.2, 0.25) is 0 Å². The highest BCUT2D eigenvalue weighted by Gasteiger charge is 2.27. The standard InChI is InChI=1S/C26H32N4O2S/c1-26(2,19-8-12-22(32-5)13-9-19)23-17-33-25(27-23)28-24(31)18-6-10-20(11-7-18)30-15-14-21(16-30)29(3)4/h6-13,17,21H,14-16H2,1-5H3,(H,27,28,31). The molecule has 174 valence electrons. The third-order valence-corrected chi connectivity index (χ3v) is 7.32. The van der Waals surface area contributed by atoms with Crippen LogP contribution in [0.4, 0.5) is 10.8 Å². The Morgan fingerprint density at radius 3 is 2.45 bits per heavy atom. The van der Waals surface area contributed by atoms with Crippen molar-refractivity contribution in [3.05, 3.63) is 70.7 Å². The number of hydrogen-bond donors (Lipinski definition) is 1. The molecular weight excluding hydrogens is 432 g/mol. The summed E-state index contributed by atoms with van der Waals surface area (Å²) in [5, 5.41) is 5.58. The van der Waals surface area contributed by atoms with Gasteiger partial charge in [-0.1, -0.05) is 26.0 Å². The maximum Gasteiger partial charge on any atom is 0.257 e. The third-order valence-electron chi connectivity index (χ3n) is 6.57. The van der Waals surface area contributed by atoms with Gasteiger partial charge in [-0.05, 0) is 62.5 Å². The molecule has 1 aliphatic heterocycles. The van der Waals surface area contributed by atoms with Crippen molar-refractivity contribution in [2.45, 2.75) is 31.7 Å². The van der Waals surface area contributed by atoms with Crippen LogP contribution in [0.5, 0.6) is 5.75 Å². The van der Waals surface area contributed by atoms with Gasteiger partial charge in [-0.15, -0.1) is 11.3 Å². The number of benzene rings is 2. The molecule has 1 atom stereocenters. The summed E-state index contributed by atoms with van der Waals surface area (Å²) in [5.74, 6) is 0.686. The van der Waals surface area contributed by atoms with Crippen LogP contribution in [0.1, 0.15) is 41.9 Å². The van der Waals surface area contributed by atoms with Gasteiger partial charge >= 0.3 is 0 Å². The van der Waals surface area contributed by atoms with E-state index in [1.54, 1.807) is 7.11 Å². The molecule has 0 saturated carbocycles. The van der Waals surface area contributed by atoms with E-state index in [2.05, 4.69) is 55.2 Å². The Morgan fingerprint density at radius 1 is 1.15 bits per heavy atom. The molecule has 1 saturated heterocycles. The number of likely N-dealkylation sites (N-methyl/N-ethyl adjacent to an activating group) is 1. The molecule has 33 heavy (non-hydrogen) atoms. The molecule has 0 spiro atoms. The zero-order valence-corrected chi connectivity index (χ0v) is 20.8. The smallest absolute Gasteiger partial charge is 0.257 e. The predicted molar refractivity (Wildman–Crippen MR) is 136 cm³/mol. The van der Waals surface area contributed by atoms with Gasteiger partial charge in [0.1, 0.15) is 5.75 Å². The molecule has 0 bridgehead atoms. The van der Waals surface area contributed by atoms with E-state index in [1.165, 1.54) is 11.3 Å². The summed E-state index contributed by atoms with van der Waals surface area (Å²) < 4.78 is 5.26. The summed E-state index contributed by atoms with van der Waals surface area (Å²) in [4.78, 5) is 22.2. The second-order valence-electron chi connectivity index (χ2n) is 9.24. The quantitative estimate of drug-likeness (QED) is 0.541. The van der Waals surface area contributed by atoms with Gasteiger partial charge in [0.15, 0.2) is 5.13 Å². The summed E-state index contributed by atoms with van der Waals surface area (Å²) in [7, 11) is 5.92. The number of ether oxygens (including phenoxy) is 1. The average Bonchev–Trinajstić information content (AvgIpc) is 3.50. The molecule has 6 nitrogen and oxygen atoms in total. The second kappa shape index (κ2) is 9.53. The number of amides is 1. The maximum absolute atomic E-state index is 12.8. The van der Waals surface area contributed by atoms with E-state index in [-0.39, 0.29) is 11.3 Å². The van der Waals surface area contributed by atoms with E-state index in [1.807, 2.05) is 41.8 Å². The van der Waals surface area contributed by atoms with Crippen molar-refractivity contribution in [1.29, 1.82) is 0 Å². The van der Waals surface area contributed by atoms with Crippen molar-refractivity contribution in [3.63, 3.8) is 0 Å². The Bertz CT molecular complexity index is 1090. The maximum atomic E-state index is 12.8. The minimum absolute atomic E-state index is 0.141. The van der Waals surface area contributed by atoms with Gasteiger partial charge in [0.05, 0.1) is 12.8 Å². The Balaban J connectivity index is 1.41. The Kier molecular flexibility index (Phi) is 6.72. The minimum Gasteiger partial charge on any atom is -0.497 e. The molecule has 4 rings (SSSR count). The lowest BCUT2D eigenvalue weighted by Crippen LogP contribution is -2.31. The number of rotatable bonds is 7. The summed E-state index contributed by atoms with van der Waals surface area (Å²) in [5.41, 5.74) is 3.57. The van der Waals surface area contributed by atoms with Crippen LogP contribution in [0, 0.1) is 0 Å². The van der Waals surface area contributed by atoms with Crippen LogP contribution in [0.25, 0.3) is 0 Å². The molecular formula is C26H32N4O2S. The van der Waals surface area contributed by atoms with Crippen molar-refractivity contribution in [2.75, 3.05) is 44.5 Å². The first kappa shape index (κ1) is 23.3. The second-order valence-corrected chi connectivity index (χ2v) is 10.1. The van der Waals surface area contributed by atoms with Crippen LogP contribution in [0.2, 0.25) is 0 Å². The number of hydrogen-bond acceptors (Lipinski definition) is 6. The molecule has 0 radical (unpaired) electrons. The minimum atomic E-state index is -0.284. The van der Waals surface area contributed by atoms with Gasteiger partial charge in [-0.3, -0.25) is 10.1 Å². The first-order valence-corrected chi connectivity index (χ1v) is 12.1. The molecule has 1 unspecified atom stereocenters. The van der Waals surface area contributed by atoms with Crippen molar-refractivity contribution in [1.82, 2.24) is 9.88 Å². The SMILES string of the molecule is COc1ccc(C(C)(C)c2csc(NC(=O)c3ccc(N4CCC(N(C)C)C4)cc3)n2)cc1. The van der Waals surface area contributed by atoms with E-state index < -0.39 is 0 Å². The summed E-state index contributed by atoms with van der Waals surface area (Å²) in [6, 6.07) is 16.5. The molecule has 1 amide bonds. The van der Waals surface area contributed by atoms with Gasteiger partial charge < -0.3 is 14.5 Å². The fourth-order valence-corrected chi connectivity index (χ4v) is 5.04. The highest BCUT2D eigenvalue weighted by molar-refractivity contribution is 7.14. The predicted octanol–water partition coefficient (Wildman–Crippen LogP) is 4.87. The molecule has 2 aromatic carbocycles. The topological polar surface area (TPSA) is 57.7 Å². The number of carbonyl (C=O) groups excluding carboxylic acids is 1. The molecule has 1 aromatic heterocycles. The fraction of sp³-hybridized carbons (Fsp3) is 0.385. The number of carbonyl (C=O) groups is 1. The molecule has 7 heteroatoms. The van der Waals surface area contributed by atoms with Crippen LogP contribution >= 0.6 is 11.3 Å². The van der Waals surface area contributed by atoms with Crippen LogP contribution in [-0.2, 0) is 5.41 Å². The molecule has 1 fully saturated rings. The lowest BCUT2D eigenvalue weighted by atomic mass is 9.82. The van der Waals surface area contributed by atoms with Gasteiger partial charge in [-0.2, -0.15) is 0 Å². The van der Waals surface area contributed by atoms with E-state index in [0.717, 1.165) is 42.2 Å². The number of thiazole rings is 1. The van der Waals surface area contributed by atoms with Crippen LogP contribution in [0.3, 0.4) is 0 Å². The van der Waals surface area contributed by atoms with E-state index in [9.17, 15) is 4.79 Å². The third kappa shape index (κ3) is 5.04. The molecule has 2 heterocycles. The fourth-order valence-electron chi connectivity index (χ4n) is 4.16. The van der Waals surface area contributed by atoms with Crippen molar-refractivity contribution >= 4 is 28.1 Å². The van der Waals surface area contributed by atoms with Crippen molar-refractivity contribution < 1.29 is 9.53 Å². The van der Waals surface area contributed by atoms with Crippen LogP contribution < -0.4 is 15.0 Å². The first-order chi connectivity index (χ1) is 15.8. The van der Waals surface area contributed by atoms with E-state index in [0.29, 0.717) is 16.7 Å². The lowest BCUT2D eigenvalue weighted by Gasteiger charge is -2.23. The van der Waals surface area contributed by atoms with Crippen molar-refractivity contribution in [3.8, 4) is 5.75 Å². The zero-order chi connectivity index (χ0) is 23.6. The van der Waals surface area contributed by atoms with Crippen LogP contribution in [0.15, 0.2) is 53.9 Å². The highest BCUT2D eigenvalue weighted by Crippen LogP contribution is 2.34. The molecule has 3 aromatic rings. The average molecular weight is 465 g/mol. The summed E-state index contributed by atoms with van der Waals surface area (Å²) >= 11 is 1.45. The monoisotopic (exact) mass is 464 g/mol. The molecule has 0 aliphatic carbocycles. The van der Waals surface area contributed by atoms with Gasteiger partial charge in [0.25, 0.3) is 5.91 Å². The lowest BCUT2D eigenvalue weighted by molar-refractivity contribution is 0.102. The highest BCUT2D eigenvalue weighted by atomic mass is 32.1.